The molecule has 6 heteroatoms. The largest absolute Gasteiger partial charge is 0.467 e. The van der Waals surface area contributed by atoms with Crippen LogP contribution in [0.2, 0.25) is 0 Å². The predicted molar refractivity (Wildman–Crippen MR) is 78.5 cm³/mol. The van der Waals surface area contributed by atoms with Crippen LogP contribution in [-0.2, 0) is 13.1 Å². The summed E-state index contributed by atoms with van der Waals surface area (Å²) in [6, 6.07) is 3.78. The SMILES string of the molecule is CCNC(=NCc1ccco1)NCCn1cc(C)cn1. The molecule has 2 rings (SSSR count). The quantitative estimate of drug-likeness (QED) is 0.620. The molecular weight excluding hydrogens is 254 g/mol. The van der Waals surface area contributed by atoms with Crippen LogP contribution in [0.5, 0.6) is 0 Å². The Morgan fingerprint density at radius 3 is 3.00 bits per heavy atom. The Morgan fingerprint density at radius 1 is 1.45 bits per heavy atom. The van der Waals surface area contributed by atoms with E-state index in [1.54, 1.807) is 6.26 Å². The van der Waals surface area contributed by atoms with E-state index in [4.69, 9.17) is 4.42 Å². The molecule has 20 heavy (non-hydrogen) atoms. The lowest BCUT2D eigenvalue weighted by Gasteiger charge is -2.10. The van der Waals surface area contributed by atoms with Gasteiger partial charge < -0.3 is 15.1 Å². The number of guanidine groups is 1. The molecule has 0 unspecified atom stereocenters. The molecule has 0 aliphatic rings. The summed E-state index contributed by atoms with van der Waals surface area (Å²) in [5, 5.41) is 10.7. The Bertz CT molecular complexity index is 530. The minimum Gasteiger partial charge on any atom is -0.467 e. The van der Waals surface area contributed by atoms with E-state index in [2.05, 4.69) is 20.7 Å². The van der Waals surface area contributed by atoms with Crippen molar-refractivity contribution >= 4 is 5.96 Å². The maximum Gasteiger partial charge on any atom is 0.191 e. The van der Waals surface area contributed by atoms with Crippen LogP contribution in [0, 0.1) is 6.92 Å². The molecule has 2 aromatic heterocycles. The molecule has 0 aliphatic heterocycles. The van der Waals surface area contributed by atoms with Crippen molar-refractivity contribution in [2.75, 3.05) is 13.1 Å². The van der Waals surface area contributed by atoms with Gasteiger partial charge >= 0.3 is 0 Å². The molecule has 2 heterocycles. The van der Waals surface area contributed by atoms with Crippen molar-refractivity contribution in [3.05, 3.63) is 42.1 Å². The Hall–Kier alpha value is -2.24. The van der Waals surface area contributed by atoms with Gasteiger partial charge in [-0.15, -0.1) is 0 Å². The molecule has 2 N–H and O–H groups in total. The van der Waals surface area contributed by atoms with Gasteiger partial charge in [0, 0.05) is 19.3 Å². The van der Waals surface area contributed by atoms with Crippen molar-refractivity contribution < 1.29 is 4.42 Å². The number of furan rings is 1. The normalized spacial score (nSPS) is 11.6. The van der Waals surface area contributed by atoms with Gasteiger partial charge in [0.2, 0.25) is 0 Å². The molecule has 0 aliphatic carbocycles. The topological polar surface area (TPSA) is 67.4 Å². The molecular formula is C14H21N5O. The van der Waals surface area contributed by atoms with Crippen LogP contribution < -0.4 is 10.6 Å². The number of nitrogens with zero attached hydrogens (tertiary/aromatic N) is 3. The van der Waals surface area contributed by atoms with Gasteiger partial charge in [-0.2, -0.15) is 5.10 Å². The van der Waals surface area contributed by atoms with Crippen molar-refractivity contribution in [2.45, 2.75) is 26.9 Å². The standard InChI is InChI=1S/C14H21N5O/c1-3-15-14(17-10-13-5-4-8-20-13)16-6-7-19-11-12(2)9-18-19/h4-5,8-9,11H,3,6-7,10H2,1-2H3,(H2,15,16,17). The number of aliphatic imine (C=N–C) groups is 1. The van der Waals surface area contributed by atoms with Gasteiger partial charge in [-0.1, -0.05) is 0 Å². The summed E-state index contributed by atoms with van der Waals surface area (Å²) in [5.41, 5.74) is 1.17. The van der Waals surface area contributed by atoms with E-state index in [-0.39, 0.29) is 0 Å². The third-order valence-corrected chi connectivity index (χ3v) is 2.71. The minimum absolute atomic E-state index is 0.531. The molecule has 0 radical (unpaired) electrons. The Kier molecular flexibility index (Phi) is 5.23. The summed E-state index contributed by atoms with van der Waals surface area (Å²) in [6.07, 6.45) is 5.54. The zero-order valence-corrected chi connectivity index (χ0v) is 12.0. The summed E-state index contributed by atoms with van der Waals surface area (Å²) in [5.74, 6) is 1.64. The zero-order valence-electron chi connectivity index (χ0n) is 12.0. The second kappa shape index (κ2) is 7.37. The Balaban J connectivity index is 1.80. The van der Waals surface area contributed by atoms with Crippen LogP contribution in [0.25, 0.3) is 0 Å². The van der Waals surface area contributed by atoms with Gasteiger partial charge in [0.15, 0.2) is 5.96 Å². The minimum atomic E-state index is 0.531. The van der Waals surface area contributed by atoms with Gasteiger partial charge in [-0.25, -0.2) is 4.99 Å². The van der Waals surface area contributed by atoms with Crippen LogP contribution in [-0.4, -0.2) is 28.8 Å². The van der Waals surface area contributed by atoms with Crippen LogP contribution in [0.3, 0.4) is 0 Å². The second-order valence-corrected chi connectivity index (χ2v) is 4.48. The van der Waals surface area contributed by atoms with Gasteiger partial charge in [0.1, 0.15) is 12.3 Å². The molecule has 0 fully saturated rings. The molecule has 0 spiro atoms. The van der Waals surface area contributed by atoms with Crippen LogP contribution >= 0.6 is 0 Å². The monoisotopic (exact) mass is 275 g/mol. The predicted octanol–water partition coefficient (Wildman–Crippen LogP) is 1.54. The molecule has 0 aromatic carbocycles. The van der Waals surface area contributed by atoms with E-state index < -0.39 is 0 Å². The summed E-state index contributed by atoms with van der Waals surface area (Å²) in [4.78, 5) is 4.46. The van der Waals surface area contributed by atoms with Gasteiger partial charge in [-0.05, 0) is 31.5 Å². The van der Waals surface area contributed by atoms with E-state index in [1.165, 1.54) is 5.56 Å². The van der Waals surface area contributed by atoms with E-state index in [0.717, 1.165) is 31.4 Å². The van der Waals surface area contributed by atoms with E-state index in [1.807, 2.05) is 43.1 Å². The fourth-order valence-corrected chi connectivity index (χ4v) is 1.78. The first-order chi connectivity index (χ1) is 9.78. The highest BCUT2D eigenvalue weighted by Crippen LogP contribution is 2.01. The Labute approximate surface area is 118 Å². The highest BCUT2D eigenvalue weighted by atomic mass is 16.3. The van der Waals surface area contributed by atoms with Gasteiger partial charge in [-0.3, -0.25) is 4.68 Å². The highest BCUT2D eigenvalue weighted by molar-refractivity contribution is 5.79. The lowest BCUT2D eigenvalue weighted by atomic mass is 10.4. The fraction of sp³-hybridized carbons (Fsp3) is 0.429. The molecule has 0 saturated heterocycles. The number of hydrogen-bond acceptors (Lipinski definition) is 3. The highest BCUT2D eigenvalue weighted by Gasteiger charge is 1.99. The van der Waals surface area contributed by atoms with E-state index in [0.29, 0.717) is 6.54 Å². The zero-order chi connectivity index (χ0) is 14.2. The lowest BCUT2D eigenvalue weighted by Crippen LogP contribution is -2.38. The van der Waals surface area contributed by atoms with Crippen molar-refractivity contribution in [2.24, 2.45) is 4.99 Å². The first-order valence-corrected chi connectivity index (χ1v) is 6.81. The maximum absolute atomic E-state index is 5.26. The third-order valence-electron chi connectivity index (χ3n) is 2.71. The summed E-state index contributed by atoms with van der Waals surface area (Å²) < 4.78 is 7.18. The molecule has 6 nitrogen and oxygen atoms in total. The smallest absolute Gasteiger partial charge is 0.191 e. The molecule has 108 valence electrons. The number of rotatable bonds is 6. The number of aryl methyl sites for hydroxylation is 1. The van der Waals surface area contributed by atoms with Crippen LogP contribution in [0.4, 0.5) is 0 Å². The number of nitrogens with one attached hydrogen (secondary N) is 2. The van der Waals surface area contributed by atoms with Crippen molar-refractivity contribution in [3.8, 4) is 0 Å². The van der Waals surface area contributed by atoms with Crippen molar-refractivity contribution in [1.29, 1.82) is 0 Å². The first-order valence-electron chi connectivity index (χ1n) is 6.81. The van der Waals surface area contributed by atoms with Crippen LogP contribution in [0.1, 0.15) is 18.2 Å². The Morgan fingerprint density at radius 2 is 2.35 bits per heavy atom. The average Bonchev–Trinajstić information content (AvgIpc) is 3.08. The summed E-state index contributed by atoms with van der Waals surface area (Å²) >= 11 is 0. The molecule has 0 bridgehead atoms. The maximum atomic E-state index is 5.26. The molecule has 0 amide bonds. The molecule has 2 aromatic rings. The number of hydrogen-bond donors (Lipinski definition) is 2. The van der Waals surface area contributed by atoms with Gasteiger partial charge in [0.05, 0.1) is 19.0 Å². The fourth-order valence-electron chi connectivity index (χ4n) is 1.78. The van der Waals surface area contributed by atoms with Crippen molar-refractivity contribution in [3.63, 3.8) is 0 Å². The number of aromatic nitrogens is 2. The van der Waals surface area contributed by atoms with E-state index in [9.17, 15) is 0 Å². The molecule has 0 atom stereocenters. The third kappa shape index (κ3) is 4.46. The van der Waals surface area contributed by atoms with Crippen molar-refractivity contribution in [1.82, 2.24) is 20.4 Å². The van der Waals surface area contributed by atoms with Gasteiger partial charge in [0.25, 0.3) is 0 Å². The van der Waals surface area contributed by atoms with E-state index >= 15 is 0 Å². The first kappa shape index (κ1) is 14.2. The summed E-state index contributed by atoms with van der Waals surface area (Å²) in [7, 11) is 0. The average molecular weight is 275 g/mol. The lowest BCUT2D eigenvalue weighted by molar-refractivity contribution is 0.511. The second-order valence-electron chi connectivity index (χ2n) is 4.48. The summed E-state index contributed by atoms with van der Waals surface area (Å²) in [6.45, 7) is 7.00. The molecule has 0 saturated carbocycles. The van der Waals surface area contributed by atoms with Crippen LogP contribution in [0.15, 0.2) is 40.2 Å².